The van der Waals surface area contributed by atoms with Crippen molar-refractivity contribution >= 4 is 32.9 Å². The molecule has 0 bridgehead atoms. The Bertz CT molecular complexity index is 1210. The summed E-state index contributed by atoms with van der Waals surface area (Å²) in [5, 5.41) is 15.7. The maximum Gasteiger partial charge on any atom is 0.430 e. The monoisotopic (exact) mass is 540 g/mol. The van der Waals surface area contributed by atoms with E-state index in [0.717, 1.165) is 0 Å². The molecule has 3 rings (SSSR count). The number of nitrogens with two attached hydrogens (primary N) is 2. The van der Waals surface area contributed by atoms with Crippen LogP contribution in [0.2, 0.25) is 0 Å². The van der Waals surface area contributed by atoms with Crippen molar-refractivity contribution in [3.05, 3.63) is 47.5 Å². The zero-order valence-corrected chi connectivity index (χ0v) is 17.0. The highest BCUT2D eigenvalue weighted by molar-refractivity contribution is 6.09. The van der Waals surface area contributed by atoms with E-state index in [1.54, 1.807) is 0 Å². The van der Waals surface area contributed by atoms with Gasteiger partial charge in [-0.2, -0.15) is 52.7 Å². The number of nitrogen functional groups attached to an aromatic ring is 2. The summed E-state index contributed by atoms with van der Waals surface area (Å²) in [6, 6.07) is 1.85. The van der Waals surface area contributed by atoms with Crippen LogP contribution in [0.1, 0.15) is 11.1 Å². The normalized spacial score (nSPS) is 14.6. The van der Waals surface area contributed by atoms with E-state index in [4.69, 9.17) is 11.5 Å². The van der Waals surface area contributed by atoms with Gasteiger partial charge in [-0.1, -0.05) is 12.1 Å². The van der Waals surface area contributed by atoms with E-state index < -0.39 is 80.0 Å². The molecule has 4 nitrogen and oxygen atoms in total. The zero-order chi connectivity index (χ0) is 27.9. The van der Waals surface area contributed by atoms with E-state index in [1.165, 1.54) is 0 Å². The summed E-state index contributed by atoms with van der Waals surface area (Å²) in [4.78, 5) is 0. The van der Waals surface area contributed by atoms with Gasteiger partial charge in [-0.25, -0.2) is 0 Å². The lowest BCUT2D eigenvalue weighted by molar-refractivity contribution is -0.376. The van der Waals surface area contributed by atoms with Crippen molar-refractivity contribution in [1.82, 2.24) is 0 Å². The van der Waals surface area contributed by atoms with Crippen molar-refractivity contribution in [2.24, 2.45) is 0 Å². The largest absolute Gasteiger partial charge is 0.430 e. The molecule has 0 aliphatic rings. The molecule has 0 aliphatic carbocycles. The highest BCUT2D eigenvalue weighted by Crippen LogP contribution is 2.55. The molecule has 0 atom stereocenters. The van der Waals surface area contributed by atoms with E-state index in [2.05, 4.69) is 0 Å². The number of halogens is 12. The summed E-state index contributed by atoms with van der Waals surface area (Å²) in [6.45, 7) is 0. The smallest absolute Gasteiger partial charge is 0.398 e. The molecular formula is C20H12F12N2O2. The Morgan fingerprint density at radius 2 is 0.694 bits per heavy atom. The van der Waals surface area contributed by atoms with Gasteiger partial charge in [-0.05, 0) is 35.0 Å². The number of benzene rings is 3. The van der Waals surface area contributed by atoms with Gasteiger partial charge in [0.25, 0.3) is 11.2 Å². The van der Waals surface area contributed by atoms with Crippen molar-refractivity contribution in [2.45, 2.75) is 35.9 Å². The molecule has 6 N–H and O–H groups in total. The Kier molecular flexibility index (Phi) is 5.85. The van der Waals surface area contributed by atoms with Gasteiger partial charge in [0.1, 0.15) is 0 Å². The average molecular weight is 540 g/mol. The van der Waals surface area contributed by atoms with Crippen molar-refractivity contribution < 1.29 is 62.9 Å². The SMILES string of the molecule is Nc1ccc(C(O)(C(F)(F)F)C(F)(F)F)c2cc3c(C(O)(C(F)(F)F)C(F)(F)F)ccc(N)c3cc12. The Labute approximate surface area is 191 Å². The second-order valence-electron chi connectivity index (χ2n) is 7.76. The molecule has 3 aromatic carbocycles. The Morgan fingerprint density at radius 1 is 0.444 bits per heavy atom. The maximum absolute atomic E-state index is 13.5. The lowest BCUT2D eigenvalue weighted by Gasteiger charge is -2.35. The van der Waals surface area contributed by atoms with Gasteiger partial charge in [-0.15, -0.1) is 0 Å². The number of fused-ring (bicyclic) bond motifs is 2. The summed E-state index contributed by atoms with van der Waals surface area (Å²) in [5.41, 5.74) is -5.08. The summed E-state index contributed by atoms with van der Waals surface area (Å²) in [7, 11) is 0. The molecule has 0 saturated heterocycles. The van der Waals surface area contributed by atoms with Crippen LogP contribution in [0.15, 0.2) is 36.4 Å². The molecule has 0 aliphatic heterocycles. The van der Waals surface area contributed by atoms with E-state index in [1.807, 2.05) is 0 Å². The molecule has 3 aromatic rings. The summed E-state index contributed by atoms with van der Waals surface area (Å²) >= 11 is 0. The quantitative estimate of drug-likeness (QED) is 0.188. The predicted molar refractivity (Wildman–Crippen MR) is 102 cm³/mol. The zero-order valence-electron chi connectivity index (χ0n) is 17.0. The first-order valence-electron chi connectivity index (χ1n) is 9.27. The minimum absolute atomic E-state index is 0.0795. The molecule has 0 saturated carbocycles. The number of rotatable bonds is 2. The number of hydrogen-bond acceptors (Lipinski definition) is 4. The summed E-state index contributed by atoms with van der Waals surface area (Å²) in [5.74, 6) is 0. The molecule has 0 spiro atoms. The fraction of sp³-hybridized carbons (Fsp3) is 0.300. The number of aliphatic hydroxyl groups is 2. The topological polar surface area (TPSA) is 92.5 Å². The van der Waals surface area contributed by atoms with E-state index >= 15 is 0 Å². The van der Waals surface area contributed by atoms with Crippen LogP contribution in [0.5, 0.6) is 0 Å². The standard InChI is InChI=1S/C20H12F12N2O2/c21-17(22,23)15(35,18(24,25)26)11-1-3-13(33)9-6-10-8(5-7(9)11)12(2-4-14(10)34)16(36,19(27,28)29)20(30,31)32/h1-6,35-36H,33-34H2. The Morgan fingerprint density at radius 3 is 0.944 bits per heavy atom. The van der Waals surface area contributed by atoms with Gasteiger partial charge in [-0.3, -0.25) is 0 Å². The fourth-order valence-corrected chi connectivity index (χ4v) is 3.79. The highest BCUT2D eigenvalue weighted by Gasteiger charge is 2.73. The minimum atomic E-state index is -6.44. The van der Waals surface area contributed by atoms with Crippen molar-refractivity contribution in [3.63, 3.8) is 0 Å². The van der Waals surface area contributed by atoms with Crippen LogP contribution in [0, 0.1) is 0 Å². The molecule has 0 fully saturated rings. The molecule has 0 radical (unpaired) electrons. The first-order chi connectivity index (χ1) is 16.0. The lowest BCUT2D eigenvalue weighted by atomic mass is 9.83. The maximum atomic E-state index is 13.5. The van der Waals surface area contributed by atoms with E-state index in [-0.39, 0.29) is 18.2 Å². The second kappa shape index (κ2) is 7.68. The first kappa shape index (κ1) is 27.4. The van der Waals surface area contributed by atoms with Gasteiger partial charge in [0.15, 0.2) is 0 Å². The van der Waals surface area contributed by atoms with Gasteiger partial charge in [0, 0.05) is 33.3 Å². The Balaban J connectivity index is 2.63. The second-order valence-corrected chi connectivity index (χ2v) is 7.76. The summed E-state index contributed by atoms with van der Waals surface area (Å²) < 4.78 is 162. The third-order valence-corrected chi connectivity index (χ3v) is 5.64. The predicted octanol–water partition coefficient (Wildman–Crippen LogP) is 5.78. The van der Waals surface area contributed by atoms with Crippen molar-refractivity contribution in [2.75, 3.05) is 11.5 Å². The molecule has 0 amide bonds. The molecule has 0 heterocycles. The van der Waals surface area contributed by atoms with Crippen LogP contribution >= 0.6 is 0 Å². The minimum Gasteiger partial charge on any atom is -0.398 e. The van der Waals surface area contributed by atoms with Gasteiger partial charge >= 0.3 is 24.7 Å². The van der Waals surface area contributed by atoms with E-state index in [0.29, 0.717) is 18.2 Å². The van der Waals surface area contributed by atoms with Gasteiger partial charge in [0.2, 0.25) is 0 Å². The molecule has 0 unspecified atom stereocenters. The lowest BCUT2D eigenvalue weighted by Crippen LogP contribution is -2.54. The van der Waals surface area contributed by atoms with Gasteiger partial charge < -0.3 is 21.7 Å². The fourth-order valence-electron chi connectivity index (χ4n) is 3.79. The van der Waals surface area contributed by atoms with Crippen molar-refractivity contribution in [1.29, 1.82) is 0 Å². The van der Waals surface area contributed by atoms with Gasteiger partial charge in [0.05, 0.1) is 0 Å². The average Bonchev–Trinajstić information content (AvgIpc) is 2.69. The van der Waals surface area contributed by atoms with Crippen LogP contribution in [-0.2, 0) is 11.2 Å². The first-order valence-corrected chi connectivity index (χ1v) is 9.27. The molecule has 16 heteroatoms. The van der Waals surface area contributed by atoms with Crippen LogP contribution in [0.3, 0.4) is 0 Å². The molecule has 198 valence electrons. The molecule has 0 aromatic heterocycles. The third kappa shape index (κ3) is 3.65. The third-order valence-electron chi connectivity index (χ3n) is 5.64. The molecular weight excluding hydrogens is 528 g/mol. The molecule has 36 heavy (non-hydrogen) atoms. The van der Waals surface area contributed by atoms with Crippen LogP contribution in [0.4, 0.5) is 64.1 Å². The van der Waals surface area contributed by atoms with Crippen LogP contribution < -0.4 is 11.5 Å². The highest BCUT2D eigenvalue weighted by atomic mass is 19.4. The van der Waals surface area contributed by atoms with E-state index in [9.17, 15) is 62.9 Å². The van der Waals surface area contributed by atoms with Crippen LogP contribution in [-0.4, -0.2) is 34.9 Å². The number of anilines is 2. The number of hydrogen-bond donors (Lipinski definition) is 4. The van der Waals surface area contributed by atoms with Crippen LogP contribution in [0.25, 0.3) is 21.5 Å². The number of alkyl halides is 12. The summed E-state index contributed by atoms with van der Waals surface area (Å²) in [6.07, 6.45) is -25.8. The van der Waals surface area contributed by atoms with Crippen molar-refractivity contribution in [3.8, 4) is 0 Å². The Hall–Kier alpha value is -3.14.